The van der Waals surface area contributed by atoms with Gasteiger partial charge in [0.15, 0.2) is 16.7 Å². The Morgan fingerprint density at radius 3 is 2.61 bits per heavy atom. The van der Waals surface area contributed by atoms with E-state index in [1.807, 2.05) is 6.07 Å². The standard InChI is InChI=1S/C21H15Cl2F2N3O3/c1-3-30-21(29)16-15(10-5-4-9(2)6-13(10)24)12(8-26)20(27)31-17(16)11-7-14(25)19(23)28-18(11)22/h4-7,15H,3,27H2,1-2H3/t15-/m1/s1. The van der Waals surface area contributed by atoms with Crippen molar-refractivity contribution in [2.24, 2.45) is 5.73 Å². The quantitative estimate of drug-likeness (QED) is 0.516. The number of pyridine rings is 1. The highest BCUT2D eigenvalue weighted by Crippen LogP contribution is 2.45. The van der Waals surface area contributed by atoms with Crippen LogP contribution in [0.15, 0.2) is 41.3 Å². The van der Waals surface area contributed by atoms with Crippen LogP contribution in [-0.4, -0.2) is 17.6 Å². The van der Waals surface area contributed by atoms with Gasteiger partial charge in [-0.3, -0.25) is 0 Å². The predicted octanol–water partition coefficient (Wildman–Crippen LogP) is 4.76. The number of nitrogens with zero attached hydrogens (tertiary/aromatic N) is 2. The first-order chi connectivity index (χ1) is 14.7. The largest absolute Gasteiger partial charge is 0.463 e. The molecule has 0 fully saturated rings. The Morgan fingerprint density at radius 1 is 1.29 bits per heavy atom. The number of benzene rings is 1. The predicted molar refractivity (Wildman–Crippen MR) is 110 cm³/mol. The smallest absolute Gasteiger partial charge is 0.338 e. The normalized spacial score (nSPS) is 16.1. The van der Waals surface area contributed by atoms with Crippen LogP contribution < -0.4 is 5.73 Å². The zero-order chi connectivity index (χ0) is 22.9. The Kier molecular flexibility index (Phi) is 6.48. The van der Waals surface area contributed by atoms with Crippen LogP contribution >= 0.6 is 23.2 Å². The Hall–Kier alpha value is -3.15. The fourth-order valence-electron chi connectivity index (χ4n) is 3.16. The molecule has 2 aromatic rings. The first-order valence-electron chi connectivity index (χ1n) is 8.96. The first kappa shape index (κ1) is 22.5. The van der Waals surface area contributed by atoms with Gasteiger partial charge in [-0.25, -0.2) is 18.6 Å². The number of allylic oxidation sites excluding steroid dienone is 1. The van der Waals surface area contributed by atoms with Crippen molar-refractivity contribution in [1.29, 1.82) is 5.26 Å². The summed E-state index contributed by atoms with van der Waals surface area (Å²) in [4.78, 5) is 16.6. The summed E-state index contributed by atoms with van der Waals surface area (Å²) in [5.74, 6) is -4.54. The van der Waals surface area contributed by atoms with E-state index in [9.17, 15) is 18.8 Å². The van der Waals surface area contributed by atoms with Crippen LogP contribution in [0, 0.1) is 29.9 Å². The van der Waals surface area contributed by atoms with Crippen LogP contribution in [0.5, 0.6) is 0 Å². The lowest BCUT2D eigenvalue weighted by molar-refractivity contribution is -0.138. The van der Waals surface area contributed by atoms with Crippen molar-refractivity contribution in [3.05, 3.63) is 79.9 Å². The van der Waals surface area contributed by atoms with Gasteiger partial charge in [0.25, 0.3) is 0 Å². The van der Waals surface area contributed by atoms with Crippen LogP contribution in [0.1, 0.15) is 29.5 Å². The van der Waals surface area contributed by atoms with Crippen molar-refractivity contribution < 1.29 is 23.0 Å². The molecule has 0 bridgehead atoms. The lowest BCUT2D eigenvalue weighted by Gasteiger charge is -2.28. The molecule has 31 heavy (non-hydrogen) atoms. The molecule has 0 spiro atoms. The minimum atomic E-state index is -1.29. The highest BCUT2D eigenvalue weighted by Gasteiger charge is 2.40. The number of aryl methyl sites for hydroxylation is 1. The molecular weight excluding hydrogens is 451 g/mol. The molecule has 2 N–H and O–H groups in total. The van der Waals surface area contributed by atoms with E-state index < -0.39 is 34.6 Å². The van der Waals surface area contributed by atoms with Crippen LogP contribution in [0.2, 0.25) is 10.3 Å². The third kappa shape index (κ3) is 4.20. The molecule has 3 rings (SSSR count). The Balaban J connectivity index is 2.38. The van der Waals surface area contributed by atoms with E-state index in [0.717, 1.165) is 6.07 Å². The summed E-state index contributed by atoms with van der Waals surface area (Å²) in [5.41, 5.74) is 5.87. The summed E-state index contributed by atoms with van der Waals surface area (Å²) in [5, 5.41) is 8.89. The minimum absolute atomic E-state index is 0.0209. The van der Waals surface area contributed by atoms with E-state index in [1.165, 1.54) is 12.1 Å². The van der Waals surface area contributed by atoms with E-state index in [0.29, 0.717) is 5.56 Å². The molecule has 1 aliphatic rings. The average Bonchev–Trinajstić information content (AvgIpc) is 2.70. The molecule has 10 heteroatoms. The van der Waals surface area contributed by atoms with Crippen LogP contribution in [0.3, 0.4) is 0 Å². The van der Waals surface area contributed by atoms with Crippen molar-refractivity contribution in [2.75, 3.05) is 6.61 Å². The molecule has 1 atom stereocenters. The van der Waals surface area contributed by atoms with Crippen molar-refractivity contribution in [1.82, 2.24) is 4.98 Å². The molecule has 1 aliphatic heterocycles. The Morgan fingerprint density at radius 2 is 2.00 bits per heavy atom. The number of nitrogens with two attached hydrogens (primary N) is 1. The van der Waals surface area contributed by atoms with Crippen molar-refractivity contribution in [3.63, 3.8) is 0 Å². The van der Waals surface area contributed by atoms with E-state index in [-0.39, 0.29) is 39.8 Å². The maximum Gasteiger partial charge on any atom is 0.338 e. The molecule has 0 unspecified atom stereocenters. The summed E-state index contributed by atoms with van der Waals surface area (Å²) in [6.45, 7) is 3.22. The van der Waals surface area contributed by atoms with Crippen LogP contribution in [0.25, 0.3) is 5.76 Å². The molecule has 6 nitrogen and oxygen atoms in total. The van der Waals surface area contributed by atoms with E-state index in [4.69, 9.17) is 38.4 Å². The second kappa shape index (κ2) is 8.92. The maximum absolute atomic E-state index is 14.9. The van der Waals surface area contributed by atoms with Crippen LogP contribution in [0.4, 0.5) is 8.78 Å². The SMILES string of the molecule is CCOC(=O)C1=C(c2cc(F)c(Cl)nc2Cl)OC(N)=C(C#N)[C@H]1c1ccc(C)cc1F. The van der Waals surface area contributed by atoms with Crippen LogP contribution in [-0.2, 0) is 14.3 Å². The minimum Gasteiger partial charge on any atom is -0.463 e. The lowest BCUT2D eigenvalue weighted by atomic mass is 9.81. The molecule has 0 saturated heterocycles. The Labute approximate surface area is 186 Å². The zero-order valence-electron chi connectivity index (χ0n) is 16.3. The van der Waals surface area contributed by atoms with Gasteiger partial charge < -0.3 is 15.2 Å². The van der Waals surface area contributed by atoms with Gasteiger partial charge in [0.05, 0.1) is 23.7 Å². The van der Waals surface area contributed by atoms with Gasteiger partial charge >= 0.3 is 5.97 Å². The molecule has 0 amide bonds. The Bertz CT molecular complexity index is 1190. The summed E-state index contributed by atoms with van der Waals surface area (Å²) in [6, 6.07) is 7.03. The second-order valence-corrected chi connectivity index (χ2v) is 7.23. The summed E-state index contributed by atoms with van der Waals surface area (Å²) in [6.07, 6.45) is 0. The van der Waals surface area contributed by atoms with Crippen molar-refractivity contribution >= 4 is 34.9 Å². The number of halogens is 4. The van der Waals surface area contributed by atoms with Gasteiger partial charge in [-0.1, -0.05) is 35.3 Å². The van der Waals surface area contributed by atoms with Gasteiger partial charge in [0.2, 0.25) is 5.88 Å². The third-order valence-electron chi connectivity index (χ3n) is 4.51. The lowest BCUT2D eigenvalue weighted by Crippen LogP contribution is -2.26. The number of rotatable bonds is 4. The molecule has 1 aromatic heterocycles. The number of carbonyl (C=O) groups is 1. The fraction of sp³-hybridized carbons (Fsp3) is 0.190. The second-order valence-electron chi connectivity index (χ2n) is 6.51. The first-order valence-corrected chi connectivity index (χ1v) is 9.72. The molecule has 0 aliphatic carbocycles. The molecule has 1 aromatic carbocycles. The monoisotopic (exact) mass is 465 g/mol. The van der Waals surface area contributed by atoms with Crippen molar-refractivity contribution in [3.8, 4) is 6.07 Å². The topological polar surface area (TPSA) is 98.2 Å². The number of ether oxygens (including phenoxy) is 2. The number of hydrogen-bond acceptors (Lipinski definition) is 6. The maximum atomic E-state index is 14.9. The summed E-state index contributed by atoms with van der Waals surface area (Å²) in [7, 11) is 0. The highest BCUT2D eigenvalue weighted by atomic mass is 35.5. The van der Waals surface area contributed by atoms with Gasteiger partial charge in [-0.15, -0.1) is 0 Å². The molecule has 0 radical (unpaired) electrons. The molecular formula is C21H15Cl2F2N3O3. The molecule has 0 saturated carbocycles. The number of esters is 1. The van der Waals surface area contributed by atoms with Gasteiger partial charge in [-0.2, -0.15) is 5.26 Å². The number of aromatic nitrogens is 1. The van der Waals surface area contributed by atoms with Crippen molar-refractivity contribution in [2.45, 2.75) is 19.8 Å². The summed E-state index contributed by atoms with van der Waals surface area (Å²) >= 11 is 11.8. The average molecular weight is 466 g/mol. The summed E-state index contributed by atoms with van der Waals surface area (Å²) < 4.78 is 39.7. The number of hydrogen-bond donors (Lipinski definition) is 1. The van der Waals surface area contributed by atoms with E-state index in [2.05, 4.69) is 4.98 Å². The van der Waals surface area contributed by atoms with E-state index in [1.54, 1.807) is 19.9 Å². The molecule has 2 heterocycles. The van der Waals surface area contributed by atoms with E-state index >= 15 is 0 Å². The third-order valence-corrected chi connectivity index (χ3v) is 5.07. The highest BCUT2D eigenvalue weighted by molar-refractivity contribution is 6.33. The fourth-order valence-corrected chi connectivity index (χ4v) is 3.57. The number of nitriles is 1. The van der Waals surface area contributed by atoms with Gasteiger partial charge in [0.1, 0.15) is 22.6 Å². The van der Waals surface area contributed by atoms with Gasteiger partial charge in [-0.05, 0) is 31.5 Å². The zero-order valence-corrected chi connectivity index (χ0v) is 17.8. The number of carbonyl (C=O) groups excluding carboxylic acids is 1. The van der Waals surface area contributed by atoms with Gasteiger partial charge in [0, 0.05) is 5.56 Å². The molecule has 160 valence electrons.